The van der Waals surface area contributed by atoms with Crippen molar-refractivity contribution in [3.8, 4) is 0 Å². The number of thiophene rings is 2. The van der Waals surface area contributed by atoms with Gasteiger partial charge in [-0.25, -0.2) is 0 Å². The molecule has 0 nitrogen and oxygen atoms in total. The Hall–Kier alpha value is -1.90. The highest BCUT2D eigenvalue weighted by Gasteiger charge is 2.14. The van der Waals surface area contributed by atoms with Crippen molar-refractivity contribution in [1.29, 1.82) is 0 Å². The third-order valence-corrected chi connectivity index (χ3v) is 6.70. The number of fused-ring (bicyclic) bond motifs is 6. The molecular weight excluding hydrogens is 304 g/mol. The largest absolute Gasteiger partial charge is 0.143 e. The van der Waals surface area contributed by atoms with Crippen LogP contribution < -0.4 is 0 Å². The van der Waals surface area contributed by atoms with E-state index in [0.29, 0.717) is 0 Å². The third kappa shape index (κ3) is 1.47. The quantitative estimate of drug-likeness (QED) is 0.269. The predicted octanol–water partition coefficient (Wildman–Crippen LogP) is 7.04. The summed E-state index contributed by atoms with van der Waals surface area (Å²) in [5.41, 5.74) is 2.83. The van der Waals surface area contributed by atoms with Gasteiger partial charge in [0, 0.05) is 20.2 Å². The van der Waals surface area contributed by atoms with Crippen LogP contribution in [0.5, 0.6) is 0 Å². The molecule has 0 fully saturated rings. The van der Waals surface area contributed by atoms with E-state index in [1.807, 2.05) is 22.7 Å². The number of benzene rings is 3. The van der Waals surface area contributed by atoms with Gasteiger partial charge in [-0.15, -0.1) is 22.7 Å². The summed E-state index contributed by atoms with van der Waals surface area (Å²) in [5.74, 6) is 0. The van der Waals surface area contributed by atoms with Crippen LogP contribution in [0.4, 0.5) is 0 Å². The zero-order valence-corrected chi connectivity index (χ0v) is 14.1. The molecule has 5 rings (SSSR count). The van der Waals surface area contributed by atoms with E-state index in [-0.39, 0.29) is 0 Å². The van der Waals surface area contributed by atoms with Gasteiger partial charge in [-0.2, -0.15) is 0 Å². The summed E-state index contributed by atoms with van der Waals surface area (Å²) in [5, 5.41) is 12.8. The van der Waals surface area contributed by atoms with Crippen LogP contribution in [-0.2, 0) is 0 Å². The van der Waals surface area contributed by atoms with Crippen LogP contribution in [0.1, 0.15) is 11.1 Å². The summed E-state index contributed by atoms with van der Waals surface area (Å²) in [6, 6.07) is 13.6. The lowest BCUT2D eigenvalue weighted by Gasteiger charge is -2.13. The van der Waals surface area contributed by atoms with Crippen LogP contribution in [0.2, 0.25) is 0 Å². The standard InChI is InChI=1S/C20H14S2/c1-11-15-5-3-14-8-10-22-20(14)18(15)12(2)16-6-4-13-7-9-21-19(13)17(11)16/h3-10H,1-2H3. The number of aryl methyl sites for hydroxylation is 2. The Kier molecular flexibility index (Phi) is 2.47. The topological polar surface area (TPSA) is 0 Å². The van der Waals surface area contributed by atoms with Gasteiger partial charge < -0.3 is 0 Å². The predicted molar refractivity (Wildman–Crippen MR) is 102 cm³/mol. The van der Waals surface area contributed by atoms with Gasteiger partial charge in [0.15, 0.2) is 0 Å². The summed E-state index contributed by atoms with van der Waals surface area (Å²) >= 11 is 3.71. The smallest absolute Gasteiger partial charge is 0.0424 e. The third-order valence-electron chi connectivity index (χ3n) is 4.80. The monoisotopic (exact) mass is 318 g/mol. The molecule has 3 aromatic carbocycles. The second-order valence-electron chi connectivity index (χ2n) is 5.90. The molecule has 0 aliphatic rings. The van der Waals surface area contributed by atoms with E-state index in [2.05, 4.69) is 61.0 Å². The average molecular weight is 318 g/mol. The summed E-state index contributed by atoms with van der Waals surface area (Å²) < 4.78 is 2.84. The van der Waals surface area contributed by atoms with E-state index in [9.17, 15) is 0 Å². The van der Waals surface area contributed by atoms with Crippen molar-refractivity contribution >= 4 is 64.4 Å². The van der Waals surface area contributed by atoms with Gasteiger partial charge in [0.25, 0.3) is 0 Å². The van der Waals surface area contributed by atoms with Crippen LogP contribution in [0.3, 0.4) is 0 Å². The molecule has 0 saturated heterocycles. The Morgan fingerprint density at radius 3 is 1.50 bits per heavy atom. The summed E-state index contributed by atoms with van der Waals surface area (Å²) in [6.45, 7) is 4.56. The van der Waals surface area contributed by atoms with Crippen molar-refractivity contribution in [1.82, 2.24) is 0 Å². The summed E-state index contributed by atoms with van der Waals surface area (Å²) in [7, 11) is 0. The van der Waals surface area contributed by atoms with Crippen molar-refractivity contribution in [2.24, 2.45) is 0 Å². The Morgan fingerprint density at radius 1 is 0.591 bits per heavy atom. The molecule has 2 heterocycles. The fourth-order valence-electron chi connectivity index (χ4n) is 3.70. The van der Waals surface area contributed by atoms with E-state index in [4.69, 9.17) is 0 Å². The summed E-state index contributed by atoms with van der Waals surface area (Å²) in [6.07, 6.45) is 0. The van der Waals surface area contributed by atoms with Crippen molar-refractivity contribution in [3.63, 3.8) is 0 Å². The van der Waals surface area contributed by atoms with E-state index >= 15 is 0 Å². The molecule has 0 unspecified atom stereocenters. The van der Waals surface area contributed by atoms with Crippen molar-refractivity contribution in [2.75, 3.05) is 0 Å². The van der Waals surface area contributed by atoms with Gasteiger partial charge in [-0.1, -0.05) is 24.3 Å². The van der Waals surface area contributed by atoms with E-state index in [0.717, 1.165) is 0 Å². The highest BCUT2D eigenvalue weighted by atomic mass is 32.1. The minimum absolute atomic E-state index is 1.36. The zero-order valence-electron chi connectivity index (χ0n) is 12.4. The molecule has 0 aliphatic heterocycles. The molecule has 2 aromatic heterocycles. The second kappa shape index (κ2) is 4.31. The maximum Gasteiger partial charge on any atom is 0.0424 e. The summed E-state index contributed by atoms with van der Waals surface area (Å²) in [4.78, 5) is 0. The molecule has 0 radical (unpaired) electrons. The molecule has 0 aliphatic carbocycles. The van der Waals surface area contributed by atoms with Crippen molar-refractivity contribution in [3.05, 3.63) is 58.3 Å². The molecule has 0 spiro atoms. The minimum atomic E-state index is 1.36. The second-order valence-corrected chi connectivity index (χ2v) is 7.74. The Morgan fingerprint density at radius 2 is 1.05 bits per heavy atom. The fraction of sp³-hybridized carbons (Fsp3) is 0.100. The zero-order chi connectivity index (χ0) is 14.8. The maximum atomic E-state index is 2.30. The highest BCUT2D eigenvalue weighted by Crippen LogP contribution is 2.41. The van der Waals surface area contributed by atoms with Gasteiger partial charge in [0.05, 0.1) is 0 Å². The number of rotatable bonds is 0. The minimum Gasteiger partial charge on any atom is -0.143 e. The Balaban J connectivity index is 2.17. The van der Waals surface area contributed by atoms with E-state index in [1.165, 1.54) is 52.8 Å². The first-order chi connectivity index (χ1) is 10.8. The normalized spacial score (nSPS) is 12.1. The number of hydrogen-bond acceptors (Lipinski definition) is 2. The van der Waals surface area contributed by atoms with E-state index < -0.39 is 0 Å². The highest BCUT2D eigenvalue weighted by molar-refractivity contribution is 7.18. The van der Waals surface area contributed by atoms with Crippen LogP contribution in [0.25, 0.3) is 41.7 Å². The SMILES string of the molecule is Cc1c2ccc3ccsc3c2c(C)c2ccc3ccsc3c12. The molecule has 22 heavy (non-hydrogen) atoms. The molecule has 0 N–H and O–H groups in total. The molecule has 2 heteroatoms. The maximum absolute atomic E-state index is 2.30. The van der Waals surface area contributed by atoms with Crippen molar-refractivity contribution in [2.45, 2.75) is 13.8 Å². The lowest BCUT2D eigenvalue weighted by molar-refractivity contribution is 1.55. The molecule has 0 bridgehead atoms. The average Bonchev–Trinajstić information content (AvgIpc) is 3.18. The molecule has 106 valence electrons. The lowest BCUT2D eigenvalue weighted by atomic mass is 9.92. The van der Waals surface area contributed by atoms with Crippen LogP contribution >= 0.6 is 22.7 Å². The van der Waals surface area contributed by atoms with Gasteiger partial charge >= 0.3 is 0 Å². The molecule has 0 saturated carbocycles. The van der Waals surface area contributed by atoms with Crippen molar-refractivity contribution < 1.29 is 0 Å². The van der Waals surface area contributed by atoms with Gasteiger partial charge in [0.2, 0.25) is 0 Å². The van der Waals surface area contributed by atoms with Gasteiger partial charge in [-0.05, 0) is 69.4 Å². The first-order valence-electron chi connectivity index (χ1n) is 7.45. The first-order valence-corrected chi connectivity index (χ1v) is 9.20. The Bertz CT molecular complexity index is 1090. The van der Waals surface area contributed by atoms with Gasteiger partial charge in [0.1, 0.15) is 0 Å². The van der Waals surface area contributed by atoms with Crippen LogP contribution in [0.15, 0.2) is 47.2 Å². The fourth-order valence-corrected chi connectivity index (χ4v) is 5.71. The van der Waals surface area contributed by atoms with E-state index in [1.54, 1.807) is 0 Å². The first kappa shape index (κ1) is 12.6. The van der Waals surface area contributed by atoms with Crippen LogP contribution in [0, 0.1) is 13.8 Å². The molecule has 0 amide bonds. The Labute approximate surface area is 136 Å². The number of hydrogen-bond donors (Lipinski definition) is 0. The molecular formula is C20H14S2. The molecule has 5 aromatic rings. The molecule has 0 atom stereocenters. The van der Waals surface area contributed by atoms with Gasteiger partial charge in [-0.3, -0.25) is 0 Å². The lowest BCUT2D eigenvalue weighted by Crippen LogP contribution is -1.88. The van der Waals surface area contributed by atoms with Crippen LogP contribution in [-0.4, -0.2) is 0 Å².